The second-order valence-electron chi connectivity index (χ2n) is 9.08. The monoisotopic (exact) mass is 423 g/mol. The van der Waals surface area contributed by atoms with E-state index in [1.807, 2.05) is 12.1 Å². The van der Waals surface area contributed by atoms with E-state index < -0.39 is 5.60 Å². The summed E-state index contributed by atoms with van der Waals surface area (Å²) in [4.78, 5) is 2.55. The fourth-order valence-electron chi connectivity index (χ4n) is 4.90. The summed E-state index contributed by atoms with van der Waals surface area (Å²) in [6.45, 7) is 8.30. The first-order valence-electron chi connectivity index (χ1n) is 12.4. The van der Waals surface area contributed by atoms with E-state index in [1.165, 1.54) is 37.7 Å². The SMILES string of the molecule is CCCCCOc1ccc([C@@](O)(CCC)[C@H](CN2CCCCC2)c2ccccc2)cc1. The lowest BCUT2D eigenvalue weighted by atomic mass is 9.74. The lowest BCUT2D eigenvalue weighted by Crippen LogP contribution is -2.42. The van der Waals surface area contributed by atoms with Crippen LogP contribution in [0.4, 0.5) is 0 Å². The zero-order valence-corrected chi connectivity index (χ0v) is 19.6. The Labute approximate surface area is 189 Å². The van der Waals surface area contributed by atoms with Crippen molar-refractivity contribution in [1.82, 2.24) is 4.90 Å². The predicted octanol–water partition coefficient (Wildman–Crippen LogP) is 6.51. The number of piperidine rings is 1. The number of rotatable bonds is 12. The molecule has 2 aromatic carbocycles. The fourth-order valence-corrected chi connectivity index (χ4v) is 4.90. The highest BCUT2D eigenvalue weighted by Gasteiger charge is 2.39. The molecule has 1 aliphatic heterocycles. The van der Waals surface area contributed by atoms with E-state index in [0.29, 0.717) is 0 Å². The Bertz CT molecular complexity index is 739. The lowest BCUT2D eigenvalue weighted by molar-refractivity contribution is -0.0152. The van der Waals surface area contributed by atoms with E-state index in [9.17, 15) is 5.11 Å². The molecule has 31 heavy (non-hydrogen) atoms. The third-order valence-corrected chi connectivity index (χ3v) is 6.67. The zero-order valence-electron chi connectivity index (χ0n) is 19.6. The highest BCUT2D eigenvalue weighted by Crippen LogP contribution is 2.42. The standard InChI is InChI=1S/C28H41NO2/c1-3-5-12-22-31-26-17-15-25(16-18-26)28(30,19-4-2)27(24-13-8-6-9-14-24)23-29-20-10-7-11-21-29/h6,8-9,13-18,27,30H,3-5,7,10-12,19-23H2,1-2H3/t27-,28+/m1/s1. The highest BCUT2D eigenvalue weighted by atomic mass is 16.5. The Morgan fingerprint density at radius 3 is 2.26 bits per heavy atom. The van der Waals surface area contributed by atoms with Crippen LogP contribution in [0.5, 0.6) is 5.75 Å². The van der Waals surface area contributed by atoms with Gasteiger partial charge in [0.1, 0.15) is 5.75 Å². The third kappa shape index (κ3) is 6.57. The predicted molar refractivity (Wildman–Crippen MR) is 130 cm³/mol. The van der Waals surface area contributed by atoms with Crippen LogP contribution in [0.1, 0.15) is 82.3 Å². The Morgan fingerprint density at radius 1 is 0.903 bits per heavy atom. The normalized spacial score (nSPS) is 17.8. The van der Waals surface area contributed by atoms with Gasteiger partial charge >= 0.3 is 0 Å². The number of benzene rings is 2. The smallest absolute Gasteiger partial charge is 0.119 e. The summed E-state index contributed by atoms with van der Waals surface area (Å²) < 4.78 is 5.91. The average Bonchev–Trinajstić information content (AvgIpc) is 2.82. The molecule has 2 atom stereocenters. The van der Waals surface area contributed by atoms with Crippen molar-refractivity contribution in [2.45, 2.75) is 76.7 Å². The molecule has 0 saturated carbocycles. The molecule has 0 bridgehead atoms. The van der Waals surface area contributed by atoms with Crippen LogP contribution in [0.3, 0.4) is 0 Å². The summed E-state index contributed by atoms with van der Waals surface area (Å²) in [6.07, 6.45) is 9.02. The van der Waals surface area contributed by atoms with Crippen molar-refractivity contribution < 1.29 is 9.84 Å². The van der Waals surface area contributed by atoms with Crippen LogP contribution >= 0.6 is 0 Å². The van der Waals surface area contributed by atoms with Crippen molar-refractivity contribution in [1.29, 1.82) is 0 Å². The topological polar surface area (TPSA) is 32.7 Å². The van der Waals surface area contributed by atoms with Gasteiger partial charge < -0.3 is 14.7 Å². The minimum atomic E-state index is -0.895. The van der Waals surface area contributed by atoms with Gasteiger partial charge in [-0.15, -0.1) is 0 Å². The summed E-state index contributed by atoms with van der Waals surface area (Å²) in [6, 6.07) is 18.8. The first-order chi connectivity index (χ1) is 15.2. The highest BCUT2D eigenvalue weighted by molar-refractivity contribution is 5.35. The molecule has 1 aliphatic rings. The fraction of sp³-hybridized carbons (Fsp3) is 0.571. The van der Waals surface area contributed by atoms with E-state index in [4.69, 9.17) is 4.74 Å². The zero-order chi connectivity index (χ0) is 21.9. The van der Waals surface area contributed by atoms with Gasteiger partial charge in [-0.1, -0.05) is 82.0 Å². The van der Waals surface area contributed by atoms with E-state index in [-0.39, 0.29) is 5.92 Å². The summed E-state index contributed by atoms with van der Waals surface area (Å²) in [7, 11) is 0. The minimum Gasteiger partial charge on any atom is -0.494 e. The van der Waals surface area contributed by atoms with Crippen molar-refractivity contribution in [2.75, 3.05) is 26.2 Å². The van der Waals surface area contributed by atoms with Crippen molar-refractivity contribution in [2.24, 2.45) is 0 Å². The molecule has 1 N–H and O–H groups in total. The lowest BCUT2D eigenvalue weighted by Gasteiger charge is -2.41. The third-order valence-electron chi connectivity index (χ3n) is 6.67. The van der Waals surface area contributed by atoms with E-state index >= 15 is 0 Å². The first kappa shape index (κ1) is 23.8. The van der Waals surface area contributed by atoms with Gasteiger partial charge in [-0.25, -0.2) is 0 Å². The number of hydrogen-bond donors (Lipinski definition) is 1. The van der Waals surface area contributed by atoms with Crippen LogP contribution < -0.4 is 4.74 Å². The second-order valence-corrected chi connectivity index (χ2v) is 9.08. The van der Waals surface area contributed by atoms with Crippen molar-refractivity contribution >= 4 is 0 Å². The van der Waals surface area contributed by atoms with Gasteiger partial charge in [0.05, 0.1) is 12.2 Å². The largest absolute Gasteiger partial charge is 0.494 e. The molecule has 170 valence electrons. The van der Waals surface area contributed by atoms with Crippen molar-refractivity contribution in [3.05, 3.63) is 65.7 Å². The van der Waals surface area contributed by atoms with Crippen LogP contribution in [-0.4, -0.2) is 36.2 Å². The Morgan fingerprint density at radius 2 is 1.61 bits per heavy atom. The average molecular weight is 424 g/mol. The minimum absolute atomic E-state index is 0.0445. The van der Waals surface area contributed by atoms with Crippen LogP contribution in [0.25, 0.3) is 0 Å². The summed E-state index contributed by atoms with van der Waals surface area (Å²) in [5.41, 5.74) is 1.33. The van der Waals surface area contributed by atoms with E-state index in [2.05, 4.69) is 61.2 Å². The molecule has 0 aromatic heterocycles. The molecule has 0 radical (unpaired) electrons. The van der Waals surface area contributed by atoms with Gasteiger partial charge in [0, 0.05) is 12.5 Å². The van der Waals surface area contributed by atoms with Gasteiger partial charge in [-0.3, -0.25) is 0 Å². The van der Waals surface area contributed by atoms with E-state index in [0.717, 1.165) is 56.8 Å². The molecular formula is C28H41NO2. The second kappa shape index (κ2) is 12.3. The van der Waals surface area contributed by atoms with Crippen LogP contribution in [-0.2, 0) is 5.60 Å². The first-order valence-corrected chi connectivity index (χ1v) is 12.4. The molecule has 0 amide bonds. The number of aliphatic hydroxyl groups is 1. The summed E-state index contributed by atoms with van der Waals surface area (Å²) >= 11 is 0. The number of ether oxygens (including phenoxy) is 1. The quantitative estimate of drug-likeness (QED) is 0.395. The van der Waals surface area contributed by atoms with Gasteiger partial charge in [0.2, 0.25) is 0 Å². The maximum atomic E-state index is 12.2. The van der Waals surface area contributed by atoms with Gasteiger partial charge in [0.15, 0.2) is 0 Å². The van der Waals surface area contributed by atoms with Crippen molar-refractivity contribution in [3.63, 3.8) is 0 Å². The van der Waals surface area contributed by atoms with Crippen LogP contribution in [0.2, 0.25) is 0 Å². The number of hydrogen-bond acceptors (Lipinski definition) is 3. The Kier molecular flexibility index (Phi) is 9.42. The molecule has 1 fully saturated rings. The summed E-state index contributed by atoms with van der Waals surface area (Å²) in [5.74, 6) is 0.939. The van der Waals surface area contributed by atoms with Crippen LogP contribution in [0.15, 0.2) is 54.6 Å². The molecule has 3 heteroatoms. The maximum Gasteiger partial charge on any atom is 0.119 e. The molecule has 0 spiro atoms. The summed E-state index contributed by atoms with van der Waals surface area (Å²) in [5, 5.41) is 12.2. The number of unbranched alkanes of at least 4 members (excludes halogenated alkanes) is 2. The van der Waals surface area contributed by atoms with Gasteiger partial charge in [-0.05, 0) is 62.0 Å². The molecule has 3 nitrogen and oxygen atoms in total. The molecule has 1 heterocycles. The molecule has 2 aromatic rings. The molecule has 3 rings (SSSR count). The molecule has 1 saturated heterocycles. The molecular weight excluding hydrogens is 382 g/mol. The maximum absolute atomic E-state index is 12.2. The Balaban J connectivity index is 1.85. The van der Waals surface area contributed by atoms with Gasteiger partial charge in [0.25, 0.3) is 0 Å². The Hall–Kier alpha value is -1.84. The van der Waals surface area contributed by atoms with E-state index in [1.54, 1.807) is 0 Å². The van der Waals surface area contributed by atoms with Gasteiger partial charge in [-0.2, -0.15) is 0 Å². The number of nitrogens with zero attached hydrogens (tertiary/aromatic N) is 1. The molecule has 0 aliphatic carbocycles. The molecule has 0 unspecified atom stereocenters. The number of likely N-dealkylation sites (tertiary alicyclic amines) is 1. The van der Waals surface area contributed by atoms with Crippen molar-refractivity contribution in [3.8, 4) is 5.75 Å². The van der Waals surface area contributed by atoms with Crippen LogP contribution in [0, 0.1) is 0 Å².